The number of hydrogen-bond donors (Lipinski definition) is 3. The minimum Gasteiger partial charge on any atom is -0.375 e. The molecule has 0 radical (unpaired) electrons. The summed E-state index contributed by atoms with van der Waals surface area (Å²) in [5.74, 6) is 0. The van der Waals surface area contributed by atoms with Crippen molar-refractivity contribution in [2.24, 2.45) is 0 Å². The maximum atomic E-state index is 9.46. The molecule has 1 aliphatic heterocycles. The largest absolute Gasteiger partial charge is 0.375 e. The van der Waals surface area contributed by atoms with Crippen LogP contribution >= 0.6 is 17.0 Å². The summed E-state index contributed by atoms with van der Waals surface area (Å²) >= 11 is 0. The molecule has 1 aliphatic carbocycles. The lowest BCUT2D eigenvalue weighted by molar-refractivity contribution is 0.0820. The van der Waals surface area contributed by atoms with Crippen molar-refractivity contribution in [1.82, 2.24) is 5.32 Å². The van der Waals surface area contributed by atoms with Crippen LogP contribution in [0, 0.1) is 0 Å². The molecule has 0 aromatic heterocycles. The zero-order chi connectivity index (χ0) is 8.55. The molecule has 0 amide bonds. The van der Waals surface area contributed by atoms with Crippen molar-refractivity contribution in [3.63, 3.8) is 0 Å². The molecule has 1 heterocycles. The Morgan fingerprint density at radius 1 is 1.38 bits per heavy atom. The second kappa shape index (κ2) is 4.19. The van der Waals surface area contributed by atoms with Crippen molar-refractivity contribution in [3.8, 4) is 0 Å². The zero-order valence-electron chi connectivity index (χ0n) is 6.97. The van der Waals surface area contributed by atoms with Crippen LogP contribution in [0.4, 0.5) is 0 Å². The number of aliphatic hydroxyl groups is 2. The van der Waals surface area contributed by atoms with Crippen LogP contribution in [0.1, 0.15) is 6.42 Å². The van der Waals surface area contributed by atoms with Crippen LogP contribution in [0.2, 0.25) is 0 Å². The molecule has 2 atom stereocenters. The third kappa shape index (κ3) is 2.08. The van der Waals surface area contributed by atoms with Gasteiger partial charge in [0.2, 0.25) is 0 Å². The van der Waals surface area contributed by atoms with E-state index in [9.17, 15) is 10.2 Å². The highest BCUT2D eigenvalue weighted by Crippen LogP contribution is 2.23. The van der Waals surface area contributed by atoms with E-state index >= 15 is 0 Å². The number of halogens is 1. The van der Waals surface area contributed by atoms with Gasteiger partial charge >= 0.3 is 0 Å². The lowest BCUT2D eigenvalue weighted by Gasteiger charge is -2.27. The third-order valence-electron chi connectivity index (χ3n) is 2.07. The topological polar surface area (TPSA) is 52.5 Å². The Morgan fingerprint density at radius 2 is 2.15 bits per heavy atom. The molecule has 3 nitrogen and oxygen atoms in total. The number of rotatable bonds is 0. The van der Waals surface area contributed by atoms with Gasteiger partial charge in [-0.15, -0.1) is 17.0 Å². The van der Waals surface area contributed by atoms with Crippen LogP contribution < -0.4 is 5.32 Å². The standard InChI is InChI=1S/C9H11NO2.BrH/c11-8-5-6-3-1-2-4-7(6)9(12)10-8;/h1,3-5,8-12H,2H2;1H. The first-order valence-corrected chi connectivity index (χ1v) is 3.98. The second-order valence-electron chi connectivity index (χ2n) is 2.93. The fraction of sp³-hybridized carbons (Fsp3) is 0.333. The van der Waals surface area contributed by atoms with Crippen LogP contribution in [0.25, 0.3) is 0 Å². The molecule has 2 rings (SSSR count). The van der Waals surface area contributed by atoms with Crippen molar-refractivity contribution in [2.75, 3.05) is 0 Å². The normalized spacial score (nSPS) is 31.2. The molecule has 72 valence electrons. The zero-order valence-corrected chi connectivity index (χ0v) is 8.69. The highest BCUT2D eigenvalue weighted by molar-refractivity contribution is 8.93. The molecule has 0 bridgehead atoms. The maximum Gasteiger partial charge on any atom is 0.133 e. The van der Waals surface area contributed by atoms with Gasteiger partial charge in [-0.2, -0.15) is 0 Å². The van der Waals surface area contributed by atoms with Gasteiger partial charge in [-0.3, -0.25) is 5.32 Å². The predicted octanol–water partition coefficient (Wildman–Crippen LogP) is 0.617. The average molecular weight is 246 g/mol. The SMILES string of the molecule is Br.OC1C=C2C=CCC=C2C(O)N1. The smallest absolute Gasteiger partial charge is 0.133 e. The minimum atomic E-state index is -0.741. The molecule has 0 fully saturated rings. The summed E-state index contributed by atoms with van der Waals surface area (Å²) in [6, 6.07) is 0. The number of fused-ring (bicyclic) bond motifs is 1. The highest BCUT2D eigenvalue weighted by Gasteiger charge is 2.22. The van der Waals surface area contributed by atoms with Crippen LogP contribution in [0.3, 0.4) is 0 Å². The number of hydrogen-bond acceptors (Lipinski definition) is 3. The fourth-order valence-electron chi connectivity index (χ4n) is 1.50. The van der Waals surface area contributed by atoms with E-state index in [1.54, 1.807) is 6.08 Å². The van der Waals surface area contributed by atoms with Crippen molar-refractivity contribution in [3.05, 3.63) is 35.5 Å². The fourth-order valence-corrected chi connectivity index (χ4v) is 1.50. The van der Waals surface area contributed by atoms with E-state index in [4.69, 9.17) is 0 Å². The van der Waals surface area contributed by atoms with Gasteiger partial charge < -0.3 is 10.2 Å². The lowest BCUT2D eigenvalue weighted by atomic mass is 9.95. The molecule has 2 unspecified atom stereocenters. The van der Waals surface area contributed by atoms with Gasteiger partial charge in [-0.05, 0) is 23.6 Å². The number of allylic oxidation sites excluding steroid dienone is 3. The van der Waals surface area contributed by atoms with Crippen molar-refractivity contribution < 1.29 is 10.2 Å². The highest BCUT2D eigenvalue weighted by atomic mass is 79.9. The van der Waals surface area contributed by atoms with Crippen LogP contribution in [0.15, 0.2) is 35.5 Å². The van der Waals surface area contributed by atoms with Gasteiger partial charge in [0.15, 0.2) is 0 Å². The molecule has 0 spiro atoms. The molecular weight excluding hydrogens is 234 g/mol. The molecule has 0 aromatic rings. The van der Waals surface area contributed by atoms with E-state index in [-0.39, 0.29) is 17.0 Å². The maximum absolute atomic E-state index is 9.46. The van der Waals surface area contributed by atoms with Crippen molar-refractivity contribution in [2.45, 2.75) is 18.9 Å². The Labute approximate surface area is 87.2 Å². The molecule has 0 saturated carbocycles. The number of aliphatic hydroxyl groups excluding tert-OH is 2. The summed E-state index contributed by atoms with van der Waals surface area (Å²) in [5, 5.41) is 21.3. The minimum absolute atomic E-state index is 0. The summed E-state index contributed by atoms with van der Waals surface area (Å²) in [4.78, 5) is 0. The lowest BCUT2D eigenvalue weighted by Crippen LogP contribution is -2.42. The third-order valence-corrected chi connectivity index (χ3v) is 2.07. The van der Waals surface area contributed by atoms with E-state index in [1.807, 2.05) is 18.2 Å². The van der Waals surface area contributed by atoms with E-state index in [1.165, 1.54) is 0 Å². The van der Waals surface area contributed by atoms with Crippen LogP contribution in [-0.2, 0) is 0 Å². The van der Waals surface area contributed by atoms with E-state index in [0.717, 1.165) is 17.6 Å². The van der Waals surface area contributed by atoms with Crippen LogP contribution in [-0.4, -0.2) is 22.7 Å². The molecule has 3 N–H and O–H groups in total. The van der Waals surface area contributed by atoms with Crippen molar-refractivity contribution in [1.29, 1.82) is 0 Å². The summed E-state index contributed by atoms with van der Waals surface area (Å²) in [5.41, 5.74) is 1.78. The first-order chi connectivity index (χ1) is 5.77. The van der Waals surface area contributed by atoms with Gasteiger partial charge in [0.1, 0.15) is 12.5 Å². The van der Waals surface area contributed by atoms with E-state index < -0.39 is 12.5 Å². The second-order valence-corrected chi connectivity index (χ2v) is 2.93. The molecule has 2 aliphatic rings. The average Bonchev–Trinajstić information content (AvgIpc) is 2.04. The van der Waals surface area contributed by atoms with Crippen molar-refractivity contribution >= 4 is 17.0 Å². The summed E-state index contributed by atoms with van der Waals surface area (Å²) in [7, 11) is 0. The number of nitrogens with one attached hydrogen (secondary N) is 1. The Balaban J connectivity index is 0.000000845. The summed E-state index contributed by atoms with van der Waals surface area (Å²) < 4.78 is 0. The van der Waals surface area contributed by atoms with Gasteiger partial charge in [0, 0.05) is 0 Å². The van der Waals surface area contributed by atoms with E-state index in [2.05, 4.69) is 5.32 Å². The van der Waals surface area contributed by atoms with Gasteiger partial charge in [0.25, 0.3) is 0 Å². The summed E-state index contributed by atoms with van der Waals surface area (Å²) in [6.07, 6.45) is 6.94. The summed E-state index contributed by atoms with van der Waals surface area (Å²) in [6.45, 7) is 0. The van der Waals surface area contributed by atoms with Gasteiger partial charge in [-0.1, -0.05) is 18.2 Å². The van der Waals surface area contributed by atoms with Gasteiger partial charge in [0.05, 0.1) is 0 Å². The molecule has 0 aromatic carbocycles. The predicted molar refractivity (Wildman–Crippen MR) is 55.4 cm³/mol. The molecule has 0 saturated heterocycles. The first kappa shape index (κ1) is 10.7. The van der Waals surface area contributed by atoms with Crippen LogP contribution in [0.5, 0.6) is 0 Å². The first-order valence-electron chi connectivity index (χ1n) is 3.98. The monoisotopic (exact) mass is 245 g/mol. The Hall–Kier alpha value is -0.420. The Kier molecular flexibility index (Phi) is 3.44. The molecular formula is C9H12BrNO2. The van der Waals surface area contributed by atoms with Gasteiger partial charge in [-0.25, -0.2) is 0 Å². The quantitative estimate of drug-likeness (QED) is 0.587. The Bertz CT molecular complexity index is 283. The molecule has 4 heteroatoms. The molecule has 13 heavy (non-hydrogen) atoms. The Morgan fingerprint density at radius 3 is 2.92 bits per heavy atom. The van der Waals surface area contributed by atoms with E-state index in [0.29, 0.717) is 0 Å².